The summed E-state index contributed by atoms with van der Waals surface area (Å²) in [6, 6.07) is 0. The quantitative estimate of drug-likeness (QED) is 0.612. The van der Waals surface area contributed by atoms with Gasteiger partial charge in [-0.15, -0.1) is 0 Å². The van der Waals surface area contributed by atoms with Crippen LogP contribution in [-0.4, -0.2) is 39.6 Å². The largest absolute Gasteiger partial charge is 0.379 e. The van der Waals surface area contributed by atoms with Gasteiger partial charge in [-0.05, 0) is 12.8 Å². The van der Waals surface area contributed by atoms with Gasteiger partial charge >= 0.3 is 0 Å². The monoisotopic (exact) mass is 160 g/mol. The van der Waals surface area contributed by atoms with Crippen molar-refractivity contribution in [3.63, 3.8) is 0 Å². The van der Waals surface area contributed by atoms with Gasteiger partial charge in [0.2, 0.25) is 0 Å². The highest BCUT2D eigenvalue weighted by atomic mass is 16.6. The second-order valence-electron chi connectivity index (χ2n) is 2.83. The maximum Gasteiger partial charge on any atom is 0.109 e. The average Bonchev–Trinajstić information content (AvgIpc) is 2.45. The Kier molecular flexibility index (Phi) is 3.30. The first kappa shape index (κ1) is 8.97. The summed E-state index contributed by atoms with van der Waals surface area (Å²) in [5.74, 6) is 0. The van der Waals surface area contributed by atoms with E-state index in [9.17, 15) is 0 Å². The number of methoxy groups -OCH3 is 3. The number of hydrogen-bond acceptors (Lipinski definition) is 3. The Balaban J connectivity index is 2.48. The van der Waals surface area contributed by atoms with Crippen molar-refractivity contribution in [2.75, 3.05) is 21.3 Å². The van der Waals surface area contributed by atoms with Gasteiger partial charge in [0.15, 0.2) is 0 Å². The first-order valence-corrected chi connectivity index (χ1v) is 3.92. The lowest BCUT2D eigenvalue weighted by molar-refractivity contribution is -0.0723. The van der Waals surface area contributed by atoms with E-state index < -0.39 is 0 Å². The zero-order chi connectivity index (χ0) is 8.27. The minimum absolute atomic E-state index is 0.116. The molecule has 1 aliphatic rings. The minimum Gasteiger partial charge on any atom is -0.379 e. The molecule has 66 valence electrons. The van der Waals surface area contributed by atoms with Gasteiger partial charge in [0.25, 0.3) is 0 Å². The van der Waals surface area contributed by atoms with Crippen molar-refractivity contribution in [1.29, 1.82) is 0 Å². The van der Waals surface area contributed by atoms with E-state index in [2.05, 4.69) is 0 Å². The van der Waals surface area contributed by atoms with Crippen LogP contribution in [0.2, 0.25) is 0 Å². The van der Waals surface area contributed by atoms with Gasteiger partial charge in [0.1, 0.15) is 6.10 Å². The second kappa shape index (κ2) is 4.04. The van der Waals surface area contributed by atoms with E-state index in [1.54, 1.807) is 21.3 Å². The van der Waals surface area contributed by atoms with Crippen LogP contribution in [0.1, 0.15) is 12.8 Å². The molecule has 2 unspecified atom stereocenters. The Morgan fingerprint density at radius 2 is 1.27 bits per heavy atom. The van der Waals surface area contributed by atoms with E-state index in [1.165, 1.54) is 0 Å². The smallest absolute Gasteiger partial charge is 0.109 e. The van der Waals surface area contributed by atoms with Gasteiger partial charge in [-0.25, -0.2) is 0 Å². The summed E-state index contributed by atoms with van der Waals surface area (Å²) < 4.78 is 15.8. The lowest BCUT2D eigenvalue weighted by atomic mass is 10.2. The van der Waals surface area contributed by atoms with Gasteiger partial charge < -0.3 is 14.2 Å². The van der Waals surface area contributed by atoms with E-state index in [0.29, 0.717) is 0 Å². The Bertz CT molecular complexity index is 104. The summed E-state index contributed by atoms with van der Waals surface area (Å²) >= 11 is 0. The van der Waals surface area contributed by atoms with Gasteiger partial charge in [0, 0.05) is 21.3 Å². The molecule has 0 saturated heterocycles. The molecule has 2 atom stereocenters. The van der Waals surface area contributed by atoms with Gasteiger partial charge in [0.05, 0.1) is 12.2 Å². The molecule has 0 bridgehead atoms. The van der Waals surface area contributed by atoms with E-state index in [-0.39, 0.29) is 18.3 Å². The molecule has 0 aromatic rings. The fraction of sp³-hybridized carbons (Fsp3) is 1.00. The van der Waals surface area contributed by atoms with Crippen molar-refractivity contribution in [3.8, 4) is 0 Å². The predicted molar refractivity (Wildman–Crippen MR) is 41.6 cm³/mol. The van der Waals surface area contributed by atoms with Gasteiger partial charge in [-0.3, -0.25) is 0 Å². The van der Waals surface area contributed by atoms with Crippen molar-refractivity contribution in [2.24, 2.45) is 0 Å². The van der Waals surface area contributed by atoms with Crippen LogP contribution in [0.15, 0.2) is 0 Å². The average molecular weight is 160 g/mol. The molecule has 0 aromatic heterocycles. The molecule has 1 fully saturated rings. The van der Waals surface area contributed by atoms with Crippen molar-refractivity contribution < 1.29 is 14.2 Å². The van der Waals surface area contributed by atoms with Crippen molar-refractivity contribution in [2.45, 2.75) is 31.2 Å². The molecule has 0 amide bonds. The van der Waals surface area contributed by atoms with Crippen molar-refractivity contribution in [3.05, 3.63) is 0 Å². The molecule has 11 heavy (non-hydrogen) atoms. The lowest BCUT2D eigenvalue weighted by Gasteiger charge is -2.21. The number of hydrogen-bond donors (Lipinski definition) is 0. The van der Waals surface area contributed by atoms with Crippen LogP contribution in [0.3, 0.4) is 0 Å². The fourth-order valence-electron chi connectivity index (χ4n) is 1.70. The van der Waals surface area contributed by atoms with Crippen LogP contribution in [0.4, 0.5) is 0 Å². The third kappa shape index (κ3) is 1.72. The minimum atomic E-state index is 0.116. The summed E-state index contributed by atoms with van der Waals surface area (Å²) in [6.07, 6.45) is 2.61. The highest BCUT2D eigenvalue weighted by molar-refractivity contribution is 4.87. The topological polar surface area (TPSA) is 27.7 Å². The zero-order valence-electron chi connectivity index (χ0n) is 7.37. The van der Waals surface area contributed by atoms with E-state index in [1.807, 2.05) is 0 Å². The van der Waals surface area contributed by atoms with Crippen LogP contribution in [-0.2, 0) is 14.2 Å². The van der Waals surface area contributed by atoms with Gasteiger partial charge in [-0.1, -0.05) is 0 Å². The van der Waals surface area contributed by atoms with Crippen LogP contribution in [0.5, 0.6) is 0 Å². The van der Waals surface area contributed by atoms with Crippen LogP contribution in [0, 0.1) is 0 Å². The lowest BCUT2D eigenvalue weighted by Crippen LogP contribution is -2.33. The maximum absolute atomic E-state index is 5.27. The Morgan fingerprint density at radius 3 is 1.55 bits per heavy atom. The summed E-state index contributed by atoms with van der Waals surface area (Å²) in [7, 11) is 5.14. The highest BCUT2D eigenvalue weighted by Crippen LogP contribution is 2.26. The molecule has 1 aliphatic carbocycles. The molecule has 1 rings (SSSR count). The first-order chi connectivity index (χ1) is 5.33. The normalized spacial score (nSPS) is 37.9. The summed E-state index contributed by atoms with van der Waals surface area (Å²) in [5.41, 5.74) is 0. The molecule has 0 aromatic carbocycles. The molecular weight excluding hydrogens is 144 g/mol. The van der Waals surface area contributed by atoms with E-state index in [4.69, 9.17) is 14.2 Å². The standard InChI is InChI=1S/C8H16O3/c1-9-6-4-5-7(10-2)8(6)11-3/h6-8H,4-5H2,1-3H3. The molecule has 0 radical (unpaired) electrons. The molecule has 3 heteroatoms. The Morgan fingerprint density at radius 1 is 0.818 bits per heavy atom. The molecule has 3 nitrogen and oxygen atoms in total. The van der Waals surface area contributed by atoms with Crippen molar-refractivity contribution >= 4 is 0 Å². The molecule has 0 N–H and O–H groups in total. The number of ether oxygens (including phenoxy) is 3. The first-order valence-electron chi connectivity index (χ1n) is 3.92. The van der Waals surface area contributed by atoms with E-state index >= 15 is 0 Å². The molecular formula is C8H16O3. The predicted octanol–water partition coefficient (Wildman–Crippen LogP) is 0.825. The summed E-state index contributed by atoms with van der Waals surface area (Å²) in [4.78, 5) is 0. The van der Waals surface area contributed by atoms with Crippen LogP contribution >= 0.6 is 0 Å². The third-order valence-corrected chi connectivity index (χ3v) is 2.35. The van der Waals surface area contributed by atoms with Crippen molar-refractivity contribution in [1.82, 2.24) is 0 Å². The second-order valence-corrected chi connectivity index (χ2v) is 2.83. The van der Waals surface area contributed by atoms with Crippen LogP contribution < -0.4 is 0 Å². The highest BCUT2D eigenvalue weighted by Gasteiger charge is 2.36. The SMILES string of the molecule is COC1CCC(OC)C1OC. The van der Waals surface area contributed by atoms with Gasteiger partial charge in [-0.2, -0.15) is 0 Å². The Labute approximate surface area is 67.6 Å². The zero-order valence-corrected chi connectivity index (χ0v) is 7.37. The maximum atomic E-state index is 5.27. The third-order valence-electron chi connectivity index (χ3n) is 2.35. The fourth-order valence-corrected chi connectivity index (χ4v) is 1.70. The molecule has 0 heterocycles. The van der Waals surface area contributed by atoms with E-state index in [0.717, 1.165) is 12.8 Å². The number of rotatable bonds is 3. The Hall–Kier alpha value is -0.120. The molecule has 0 aliphatic heterocycles. The van der Waals surface area contributed by atoms with Crippen LogP contribution in [0.25, 0.3) is 0 Å². The molecule has 0 spiro atoms. The molecule has 1 saturated carbocycles. The summed E-state index contributed by atoms with van der Waals surface area (Å²) in [5, 5.41) is 0. The summed E-state index contributed by atoms with van der Waals surface area (Å²) in [6.45, 7) is 0.